The molecule has 9 heteroatoms. The van der Waals surface area contributed by atoms with Crippen molar-refractivity contribution in [1.29, 1.82) is 0 Å². The van der Waals surface area contributed by atoms with Crippen LogP contribution in [-0.4, -0.2) is 28.3 Å². The van der Waals surface area contributed by atoms with Crippen LogP contribution in [0.15, 0.2) is 47.6 Å². The summed E-state index contributed by atoms with van der Waals surface area (Å²) in [6, 6.07) is 12.1. The minimum absolute atomic E-state index is 0.00195. The average molecular weight is 384 g/mol. The van der Waals surface area contributed by atoms with E-state index in [2.05, 4.69) is 15.5 Å². The van der Waals surface area contributed by atoms with Gasteiger partial charge in [0.15, 0.2) is 11.5 Å². The highest BCUT2D eigenvalue weighted by Crippen LogP contribution is 2.34. The number of ether oxygens (including phenoxy) is 1. The van der Waals surface area contributed by atoms with Gasteiger partial charge in [0.1, 0.15) is 0 Å². The number of non-ortho nitro benzene ring substituents is 1. The number of aromatic nitrogens is 1. The Hall–Kier alpha value is -3.46. The molecule has 8 nitrogen and oxygen atoms in total. The Labute approximate surface area is 158 Å². The maximum atomic E-state index is 11.0. The average Bonchev–Trinajstić information content (AvgIpc) is 3.04. The molecule has 3 rings (SSSR count). The molecular formula is C18H16N4O4S. The first-order valence-electron chi connectivity index (χ1n) is 7.87. The number of nitrogens with zero attached hydrogens (tertiary/aromatic N) is 3. The molecule has 0 aliphatic rings. The molecule has 0 aliphatic heterocycles. The number of hydrogen-bond acceptors (Lipinski definition) is 8. The number of hydrazone groups is 1. The number of benzene rings is 2. The molecule has 1 aromatic heterocycles. The third-order valence-electron chi connectivity index (χ3n) is 3.73. The van der Waals surface area contributed by atoms with Crippen molar-refractivity contribution in [2.24, 2.45) is 5.10 Å². The lowest BCUT2D eigenvalue weighted by Gasteiger charge is -2.05. The highest BCUT2D eigenvalue weighted by molar-refractivity contribution is 7.15. The smallest absolute Gasteiger partial charge is 0.274 e. The number of hydrogen-bond donors (Lipinski definition) is 2. The van der Waals surface area contributed by atoms with E-state index in [1.54, 1.807) is 0 Å². The van der Waals surface area contributed by atoms with Gasteiger partial charge in [0, 0.05) is 22.1 Å². The fourth-order valence-corrected chi connectivity index (χ4v) is 3.22. The zero-order valence-electron chi connectivity index (χ0n) is 14.5. The molecule has 138 valence electrons. The Kier molecular flexibility index (Phi) is 5.32. The van der Waals surface area contributed by atoms with Gasteiger partial charge in [-0.25, -0.2) is 4.98 Å². The van der Waals surface area contributed by atoms with Crippen molar-refractivity contribution in [2.45, 2.75) is 6.92 Å². The van der Waals surface area contributed by atoms with Crippen molar-refractivity contribution in [2.75, 3.05) is 12.5 Å². The lowest BCUT2D eigenvalue weighted by atomic mass is 10.1. The SMILES string of the molecule is COc1cc([N+](=O)[O-])cc(/C=N/Nc2nc(-c3ccccc3)c(C)s2)c1O. The number of phenols is 1. The molecule has 2 N–H and O–H groups in total. The highest BCUT2D eigenvalue weighted by atomic mass is 32.1. The quantitative estimate of drug-likeness (QED) is 0.375. The summed E-state index contributed by atoms with van der Waals surface area (Å²) in [6.45, 7) is 1.96. The summed E-state index contributed by atoms with van der Waals surface area (Å²) in [4.78, 5) is 16.0. The molecule has 3 aromatic rings. The van der Waals surface area contributed by atoms with E-state index in [9.17, 15) is 15.2 Å². The van der Waals surface area contributed by atoms with Crippen molar-refractivity contribution in [3.63, 3.8) is 0 Å². The van der Waals surface area contributed by atoms with Gasteiger partial charge in [-0.15, -0.1) is 11.3 Å². The molecule has 1 heterocycles. The second-order valence-electron chi connectivity index (χ2n) is 5.50. The molecule has 0 radical (unpaired) electrons. The first kappa shape index (κ1) is 18.3. The number of aromatic hydroxyl groups is 1. The molecule has 0 saturated heterocycles. The number of rotatable bonds is 6. The summed E-state index contributed by atoms with van der Waals surface area (Å²) >= 11 is 1.43. The van der Waals surface area contributed by atoms with Crippen LogP contribution in [0.25, 0.3) is 11.3 Å². The normalized spacial score (nSPS) is 10.9. The number of thiazole rings is 1. The molecule has 27 heavy (non-hydrogen) atoms. The Morgan fingerprint density at radius 2 is 2.07 bits per heavy atom. The Balaban J connectivity index is 1.82. The third-order valence-corrected chi connectivity index (χ3v) is 4.60. The van der Waals surface area contributed by atoms with Crippen molar-refractivity contribution in [3.8, 4) is 22.8 Å². The number of aryl methyl sites for hydroxylation is 1. The Morgan fingerprint density at radius 1 is 1.33 bits per heavy atom. The molecule has 2 aromatic carbocycles. The molecule has 0 spiro atoms. The molecule has 0 amide bonds. The van der Waals surface area contributed by atoms with E-state index in [4.69, 9.17) is 4.74 Å². The number of methoxy groups -OCH3 is 1. The Morgan fingerprint density at radius 3 is 2.74 bits per heavy atom. The number of phenolic OH excluding ortho intramolecular Hbond substituents is 1. The van der Waals surface area contributed by atoms with E-state index in [-0.39, 0.29) is 22.7 Å². The zero-order valence-corrected chi connectivity index (χ0v) is 15.4. The van der Waals surface area contributed by atoms with Crippen LogP contribution < -0.4 is 10.2 Å². The summed E-state index contributed by atoms with van der Waals surface area (Å²) in [5.74, 6) is -0.226. The van der Waals surface area contributed by atoms with Crippen LogP contribution in [0.5, 0.6) is 11.5 Å². The molecule has 0 bridgehead atoms. The van der Waals surface area contributed by atoms with Gasteiger partial charge in [0.2, 0.25) is 5.13 Å². The van der Waals surface area contributed by atoms with Crippen LogP contribution in [0.4, 0.5) is 10.8 Å². The fraction of sp³-hybridized carbons (Fsp3) is 0.111. The summed E-state index contributed by atoms with van der Waals surface area (Å²) in [6.07, 6.45) is 1.28. The van der Waals surface area contributed by atoms with Crippen molar-refractivity contribution < 1.29 is 14.8 Å². The minimum Gasteiger partial charge on any atom is -0.504 e. The van der Waals surface area contributed by atoms with Crippen molar-refractivity contribution >= 4 is 28.4 Å². The van der Waals surface area contributed by atoms with Gasteiger partial charge in [-0.1, -0.05) is 30.3 Å². The van der Waals surface area contributed by atoms with Gasteiger partial charge in [-0.05, 0) is 6.92 Å². The molecule has 0 atom stereocenters. The number of nitro benzene ring substituents is 1. The maximum absolute atomic E-state index is 11.0. The van der Waals surface area contributed by atoms with E-state index in [1.807, 2.05) is 37.3 Å². The predicted octanol–water partition coefficient (Wildman–Crippen LogP) is 4.19. The monoisotopic (exact) mass is 384 g/mol. The van der Waals surface area contributed by atoms with Crippen LogP contribution in [0.1, 0.15) is 10.4 Å². The van der Waals surface area contributed by atoms with E-state index in [0.29, 0.717) is 5.13 Å². The standard InChI is InChI=1S/C18H16N4O4S/c1-11-16(12-6-4-3-5-7-12)20-18(27-11)21-19-10-13-8-14(22(24)25)9-15(26-2)17(13)23/h3-10,23H,1-2H3,(H,20,21)/b19-10+. The third kappa shape index (κ3) is 4.04. The van der Waals surface area contributed by atoms with Gasteiger partial charge in [0.25, 0.3) is 5.69 Å². The molecule has 0 aliphatic carbocycles. The van der Waals surface area contributed by atoms with Gasteiger partial charge < -0.3 is 9.84 Å². The lowest BCUT2D eigenvalue weighted by molar-refractivity contribution is -0.385. The van der Waals surface area contributed by atoms with E-state index in [1.165, 1.54) is 30.7 Å². The van der Waals surface area contributed by atoms with Gasteiger partial charge in [-0.2, -0.15) is 5.10 Å². The number of nitrogens with one attached hydrogen (secondary N) is 1. The second-order valence-corrected chi connectivity index (χ2v) is 6.71. The van der Waals surface area contributed by atoms with Crippen LogP contribution in [0.3, 0.4) is 0 Å². The van der Waals surface area contributed by atoms with E-state index >= 15 is 0 Å². The zero-order chi connectivity index (χ0) is 19.4. The summed E-state index contributed by atoms with van der Waals surface area (Å²) < 4.78 is 4.96. The van der Waals surface area contributed by atoms with Gasteiger partial charge >= 0.3 is 0 Å². The van der Waals surface area contributed by atoms with Crippen LogP contribution >= 0.6 is 11.3 Å². The van der Waals surface area contributed by atoms with Crippen molar-refractivity contribution in [3.05, 3.63) is 63.0 Å². The van der Waals surface area contributed by atoms with Crippen LogP contribution in [0, 0.1) is 17.0 Å². The molecular weight excluding hydrogens is 368 g/mol. The van der Waals surface area contributed by atoms with E-state index in [0.717, 1.165) is 22.2 Å². The van der Waals surface area contributed by atoms with Crippen molar-refractivity contribution in [1.82, 2.24) is 4.98 Å². The molecule has 0 saturated carbocycles. The summed E-state index contributed by atoms with van der Waals surface area (Å²) in [5.41, 5.74) is 4.61. The lowest BCUT2D eigenvalue weighted by Crippen LogP contribution is -1.96. The summed E-state index contributed by atoms with van der Waals surface area (Å²) in [5, 5.41) is 25.7. The Bertz CT molecular complexity index is 1000. The maximum Gasteiger partial charge on any atom is 0.274 e. The second kappa shape index (κ2) is 7.83. The summed E-state index contributed by atoms with van der Waals surface area (Å²) in [7, 11) is 1.32. The van der Waals surface area contributed by atoms with E-state index < -0.39 is 4.92 Å². The molecule has 0 unspecified atom stereocenters. The van der Waals surface area contributed by atoms with Gasteiger partial charge in [0.05, 0.1) is 30.0 Å². The largest absolute Gasteiger partial charge is 0.504 e. The topological polar surface area (TPSA) is 110 Å². The number of nitro groups is 1. The fourth-order valence-electron chi connectivity index (χ4n) is 2.44. The minimum atomic E-state index is -0.566. The van der Waals surface area contributed by atoms with Gasteiger partial charge in [-0.3, -0.25) is 15.5 Å². The van der Waals surface area contributed by atoms with Crippen LogP contribution in [-0.2, 0) is 0 Å². The highest BCUT2D eigenvalue weighted by Gasteiger charge is 2.16. The first-order valence-corrected chi connectivity index (χ1v) is 8.68. The van der Waals surface area contributed by atoms with Crippen LogP contribution in [0.2, 0.25) is 0 Å². The number of anilines is 1. The first-order chi connectivity index (χ1) is 13.0. The molecule has 0 fully saturated rings. The predicted molar refractivity (Wildman–Crippen MR) is 105 cm³/mol.